The molecule has 1 N–H and O–H groups in total. The summed E-state index contributed by atoms with van der Waals surface area (Å²) in [6.07, 6.45) is 3.42. The Kier molecular flexibility index (Phi) is 6.87. The molecule has 6 nitrogen and oxygen atoms in total. The van der Waals surface area contributed by atoms with Gasteiger partial charge in [0.1, 0.15) is 0 Å². The minimum Gasteiger partial charge on any atom is -0.325 e. The summed E-state index contributed by atoms with van der Waals surface area (Å²) in [6, 6.07) is 19.1. The number of aromatic nitrogens is 4. The number of rotatable bonds is 7. The monoisotopic (exact) mass is 463 g/mol. The third-order valence-electron chi connectivity index (χ3n) is 4.85. The van der Waals surface area contributed by atoms with Gasteiger partial charge in [-0.15, -0.1) is 10.2 Å². The molecule has 0 aliphatic carbocycles. The normalized spacial score (nSPS) is 11.0. The van der Waals surface area contributed by atoms with Crippen LogP contribution in [0.4, 0.5) is 5.69 Å². The van der Waals surface area contributed by atoms with Crippen LogP contribution in [0.1, 0.15) is 25.3 Å². The third-order valence-corrected chi connectivity index (χ3v) is 6.03. The van der Waals surface area contributed by atoms with Crippen LogP contribution in [0.2, 0.25) is 5.02 Å². The summed E-state index contributed by atoms with van der Waals surface area (Å²) < 4.78 is 1.92. The zero-order valence-corrected chi connectivity index (χ0v) is 19.3. The van der Waals surface area contributed by atoms with Crippen LogP contribution in [-0.4, -0.2) is 31.4 Å². The Bertz CT molecular complexity index is 1190. The van der Waals surface area contributed by atoms with E-state index in [1.165, 1.54) is 17.3 Å². The maximum atomic E-state index is 12.6. The Hall–Kier alpha value is -3.16. The fraction of sp³-hybridized carbons (Fsp3) is 0.167. The molecule has 4 aromatic rings. The number of anilines is 1. The second-order valence-electron chi connectivity index (χ2n) is 7.47. The van der Waals surface area contributed by atoms with Crippen molar-refractivity contribution in [3.63, 3.8) is 0 Å². The summed E-state index contributed by atoms with van der Waals surface area (Å²) in [5, 5.41) is 12.9. The van der Waals surface area contributed by atoms with E-state index in [1.54, 1.807) is 12.4 Å². The van der Waals surface area contributed by atoms with Gasteiger partial charge in [0.05, 0.1) is 5.75 Å². The average molecular weight is 464 g/mol. The van der Waals surface area contributed by atoms with Crippen molar-refractivity contribution in [2.75, 3.05) is 11.1 Å². The van der Waals surface area contributed by atoms with E-state index < -0.39 is 0 Å². The zero-order chi connectivity index (χ0) is 22.5. The van der Waals surface area contributed by atoms with Gasteiger partial charge in [0.15, 0.2) is 11.0 Å². The number of halogens is 1. The van der Waals surface area contributed by atoms with Crippen LogP contribution >= 0.6 is 23.4 Å². The van der Waals surface area contributed by atoms with Crippen LogP contribution in [0.5, 0.6) is 0 Å². The van der Waals surface area contributed by atoms with Gasteiger partial charge in [-0.25, -0.2) is 0 Å². The van der Waals surface area contributed by atoms with Crippen LogP contribution in [0, 0.1) is 0 Å². The summed E-state index contributed by atoms with van der Waals surface area (Å²) in [6.45, 7) is 4.28. The number of amides is 1. The lowest BCUT2D eigenvalue weighted by Gasteiger charge is -2.11. The minimum absolute atomic E-state index is 0.108. The molecule has 4 rings (SSSR count). The number of carbonyl (C=O) groups excluding carboxylic acids is 1. The van der Waals surface area contributed by atoms with Crippen molar-refractivity contribution < 1.29 is 4.79 Å². The van der Waals surface area contributed by atoms with E-state index in [-0.39, 0.29) is 11.7 Å². The predicted octanol–water partition coefficient (Wildman–Crippen LogP) is 5.84. The molecular formula is C24H22ClN5OS. The number of hydrogen-bond acceptors (Lipinski definition) is 5. The highest BCUT2D eigenvalue weighted by molar-refractivity contribution is 7.99. The van der Waals surface area contributed by atoms with E-state index in [0.717, 1.165) is 16.9 Å². The lowest BCUT2D eigenvalue weighted by molar-refractivity contribution is -0.113. The number of benzene rings is 2. The van der Waals surface area contributed by atoms with Crippen LogP contribution in [0.15, 0.2) is 78.2 Å². The topological polar surface area (TPSA) is 72.7 Å². The first-order chi connectivity index (χ1) is 15.5. The van der Waals surface area contributed by atoms with Gasteiger partial charge in [-0.1, -0.05) is 49.3 Å². The van der Waals surface area contributed by atoms with E-state index in [1.807, 2.05) is 65.2 Å². The fourth-order valence-corrected chi connectivity index (χ4v) is 4.03. The first kappa shape index (κ1) is 22.0. The summed E-state index contributed by atoms with van der Waals surface area (Å²) in [7, 11) is 0. The highest BCUT2D eigenvalue weighted by Crippen LogP contribution is 2.28. The molecule has 162 valence electrons. The average Bonchev–Trinajstić information content (AvgIpc) is 3.23. The molecule has 0 unspecified atom stereocenters. The van der Waals surface area contributed by atoms with Crippen molar-refractivity contribution in [2.45, 2.75) is 24.9 Å². The fourth-order valence-electron chi connectivity index (χ4n) is 3.15. The van der Waals surface area contributed by atoms with E-state index >= 15 is 0 Å². The van der Waals surface area contributed by atoms with Crippen molar-refractivity contribution >= 4 is 35.0 Å². The molecule has 0 aliphatic heterocycles. The van der Waals surface area contributed by atoms with Gasteiger partial charge in [-0.3, -0.25) is 14.3 Å². The van der Waals surface area contributed by atoms with Crippen LogP contribution in [0.25, 0.3) is 17.1 Å². The molecule has 0 radical (unpaired) electrons. The number of carbonyl (C=O) groups is 1. The molecule has 0 bridgehead atoms. The number of nitrogens with zero attached hydrogens (tertiary/aromatic N) is 4. The molecule has 0 spiro atoms. The number of nitrogens with one attached hydrogen (secondary N) is 1. The SMILES string of the molecule is CC(C)c1ccc(NC(=O)CSc2nnc(-c3ccncc3)n2-c2ccc(Cl)cc2)cc1. The van der Waals surface area contributed by atoms with Crippen LogP contribution in [-0.2, 0) is 4.79 Å². The Morgan fingerprint density at radius 1 is 1.00 bits per heavy atom. The van der Waals surface area contributed by atoms with Crippen molar-refractivity contribution in [3.05, 3.63) is 83.6 Å². The largest absolute Gasteiger partial charge is 0.325 e. The van der Waals surface area contributed by atoms with Gasteiger partial charge < -0.3 is 5.32 Å². The number of hydrogen-bond donors (Lipinski definition) is 1. The van der Waals surface area contributed by atoms with E-state index in [2.05, 4.69) is 34.3 Å². The lowest BCUT2D eigenvalue weighted by Crippen LogP contribution is -2.14. The van der Waals surface area contributed by atoms with E-state index in [4.69, 9.17) is 11.6 Å². The standard InChI is InChI=1S/C24H22ClN5OS/c1-16(2)17-3-7-20(8-4-17)27-22(31)15-32-24-29-28-23(18-11-13-26-14-12-18)30(24)21-9-5-19(25)6-10-21/h3-14,16H,15H2,1-2H3,(H,27,31). The highest BCUT2D eigenvalue weighted by Gasteiger charge is 2.17. The number of pyridine rings is 1. The van der Waals surface area contributed by atoms with E-state index in [9.17, 15) is 4.79 Å². The van der Waals surface area contributed by atoms with Crippen LogP contribution < -0.4 is 5.32 Å². The van der Waals surface area contributed by atoms with Crippen molar-refractivity contribution in [1.82, 2.24) is 19.7 Å². The molecule has 0 saturated heterocycles. The molecular weight excluding hydrogens is 442 g/mol. The summed E-state index contributed by atoms with van der Waals surface area (Å²) in [5.41, 5.74) is 3.75. The molecule has 32 heavy (non-hydrogen) atoms. The second kappa shape index (κ2) is 9.97. The zero-order valence-electron chi connectivity index (χ0n) is 17.7. The number of thioether (sulfide) groups is 1. The lowest BCUT2D eigenvalue weighted by atomic mass is 10.0. The molecule has 2 aromatic carbocycles. The van der Waals surface area contributed by atoms with Gasteiger partial charge in [0, 0.05) is 34.4 Å². The molecule has 2 aromatic heterocycles. The van der Waals surface area contributed by atoms with Crippen molar-refractivity contribution in [3.8, 4) is 17.1 Å². The quantitative estimate of drug-likeness (QED) is 0.349. The van der Waals surface area contributed by atoms with Gasteiger partial charge in [-0.05, 0) is 60.0 Å². The Balaban J connectivity index is 1.53. The van der Waals surface area contributed by atoms with E-state index in [0.29, 0.717) is 21.9 Å². The maximum absolute atomic E-state index is 12.6. The van der Waals surface area contributed by atoms with Gasteiger partial charge in [0.25, 0.3) is 0 Å². The highest BCUT2D eigenvalue weighted by atomic mass is 35.5. The molecule has 8 heteroatoms. The third kappa shape index (κ3) is 5.18. The van der Waals surface area contributed by atoms with Crippen molar-refractivity contribution in [1.29, 1.82) is 0 Å². The van der Waals surface area contributed by atoms with Crippen molar-refractivity contribution in [2.24, 2.45) is 0 Å². The summed E-state index contributed by atoms with van der Waals surface area (Å²) >= 11 is 7.40. The van der Waals surface area contributed by atoms with Gasteiger partial charge in [0.2, 0.25) is 5.91 Å². The smallest absolute Gasteiger partial charge is 0.234 e. The predicted molar refractivity (Wildman–Crippen MR) is 129 cm³/mol. The second-order valence-corrected chi connectivity index (χ2v) is 8.85. The molecule has 0 fully saturated rings. The minimum atomic E-state index is -0.108. The molecule has 2 heterocycles. The first-order valence-corrected chi connectivity index (χ1v) is 11.5. The summed E-state index contributed by atoms with van der Waals surface area (Å²) in [4.78, 5) is 16.6. The molecule has 1 amide bonds. The maximum Gasteiger partial charge on any atom is 0.234 e. The summed E-state index contributed by atoms with van der Waals surface area (Å²) in [5.74, 6) is 1.21. The Morgan fingerprint density at radius 3 is 2.34 bits per heavy atom. The van der Waals surface area contributed by atoms with Gasteiger partial charge in [-0.2, -0.15) is 0 Å². The van der Waals surface area contributed by atoms with Gasteiger partial charge >= 0.3 is 0 Å². The molecule has 0 atom stereocenters. The first-order valence-electron chi connectivity index (χ1n) is 10.2. The Morgan fingerprint density at radius 2 is 1.69 bits per heavy atom. The molecule has 0 saturated carbocycles. The van der Waals surface area contributed by atoms with Crippen LogP contribution in [0.3, 0.4) is 0 Å². The Labute approximate surface area is 196 Å². The molecule has 0 aliphatic rings.